The fraction of sp³-hybridized carbons (Fsp3) is 0.231. The van der Waals surface area contributed by atoms with Gasteiger partial charge in [0.2, 0.25) is 5.60 Å². The molecule has 0 unspecified atom stereocenters. The Kier molecular flexibility index (Phi) is 2.95. The molecular formula is C13H12O4. The van der Waals surface area contributed by atoms with Gasteiger partial charge in [0.05, 0.1) is 19.8 Å². The molecule has 0 spiro atoms. The molecule has 4 heteroatoms. The molecule has 0 saturated heterocycles. The van der Waals surface area contributed by atoms with E-state index < -0.39 is 11.6 Å². The Balaban J connectivity index is 2.48. The molecule has 1 atom stereocenters. The second-order valence-corrected chi connectivity index (χ2v) is 3.75. The quantitative estimate of drug-likeness (QED) is 0.726. The molecule has 1 aliphatic heterocycles. The molecule has 1 heterocycles. The zero-order valence-corrected chi connectivity index (χ0v) is 9.38. The second kappa shape index (κ2) is 4.41. The highest BCUT2D eigenvalue weighted by Gasteiger charge is 2.46. The first-order valence-corrected chi connectivity index (χ1v) is 5.20. The van der Waals surface area contributed by atoms with Gasteiger partial charge in [-0.15, -0.1) is 0 Å². The summed E-state index contributed by atoms with van der Waals surface area (Å²) in [4.78, 5) is 23.4. The van der Waals surface area contributed by atoms with Crippen molar-refractivity contribution in [1.29, 1.82) is 0 Å². The molecule has 2 rings (SSSR count). The minimum absolute atomic E-state index is 0.0415. The lowest BCUT2D eigenvalue weighted by molar-refractivity contribution is -0.168. The van der Waals surface area contributed by atoms with Crippen LogP contribution in [0.1, 0.15) is 12.0 Å². The lowest BCUT2D eigenvalue weighted by Gasteiger charge is -2.31. The van der Waals surface area contributed by atoms with E-state index in [1.54, 1.807) is 24.3 Å². The Morgan fingerprint density at radius 3 is 2.65 bits per heavy atom. The van der Waals surface area contributed by atoms with E-state index in [1.807, 2.05) is 6.07 Å². The van der Waals surface area contributed by atoms with Gasteiger partial charge in [0.1, 0.15) is 0 Å². The first-order chi connectivity index (χ1) is 8.19. The lowest BCUT2D eigenvalue weighted by Crippen LogP contribution is -2.42. The van der Waals surface area contributed by atoms with Crippen LogP contribution in [0.2, 0.25) is 0 Å². The number of rotatable bonds is 2. The summed E-state index contributed by atoms with van der Waals surface area (Å²) >= 11 is 0. The number of esters is 1. The van der Waals surface area contributed by atoms with Crippen LogP contribution in [0.5, 0.6) is 0 Å². The first kappa shape index (κ1) is 11.4. The molecule has 1 aliphatic rings. The molecule has 1 aromatic carbocycles. The summed E-state index contributed by atoms with van der Waals surface area (Å²) in [6.45, 7) is 0. The number of hydrogen-bond donors (Lipinski definition) is 0. The van der Waals surface area contributed by atoms with Crippen molar-refractivity contribution in [3.05, 3.63) is 48.2 Å². The van der Waals surface area contributed by atoms with Gasteiger partial charge in [0.25, 0.3) is 0 Å². The Hall–Kier alpha value is -2.10. The average molecular weight is 232 g/mol. The highest BCUT2D eigenvalue weighted by atomic mass is 16.6. The maximum absolute atomic E-state index is 11.9. The monoisotopic (exact) mass is 232 g/mol. The summed E-state index contributed by atoms with van der Waals surface area (Å²) in [7, 11) is 1.28. The van der Waals surface area contributed by atoms with Crippen molar-refractivity contribution in [2.75, 3.05) is 7.11 Å². The lowest BCUT2D eigenvalue weighted by atomic mass is 9.87. The SMILES string of the molecule is COC(=O)[C@@]1(c2ccccc2)CC(=O)C=CO1. The van der Waals surface area contributed by atoms with E-state index in [4.69, 9.17) is 9.47 Å². The third-order valence-electron chi connectivity index (χ3n) is 2.70. The van der Waals surface area contributed by atoms with E-state index in [-0.39, 0.29) is 12.2 Å². The van der Waals surface area contributed by atoms with Crippen LogP contribution in [-0.2, 0) is 24.7 Å². The van der Waals surface area contributed by atoms with Gasteiger partial charge >= 0.3 is 5.97 Å². The molecule has 4 nitrogen and oxygen atoms in total. The van der Waals surface area contributed by atoms with Gasteiger partial charge in [-0.2, -0.15) is 0 Å². The van der Waals surface area contributed by atoms with Crippen molar-refractivity contribution in [2.45, 2.75) is 12.0 Å². The van der Waals surface area contributed by atoms with Gasteiger partial charge in [-0.25, -0.2) is 4.79 Å². The zero-order valence-electron chi connectivity index (χ0n) is 9.38. The average Bonchev–Trinajstić information content (AvgIpc) is 2.38. The molecule has 17 heavy (non-hydrogen) atoms. The summed E-state index contributed by atoms with van der Waals surface area (Å²) in [5.74, 6) is -0.730. The van der Waals surface area contributed by atoms with Crippen molar-refractivity contribution in [1.82, 2.24) is 0 Å². The second-order valence-electron chi connectivity index (χ2n) is 3.75. The maximum atomic E-state index is 11.9. The summed E-state index contributed by atoms with van der Waals surface area (Å²) in [6.07, 6.45) is 2.51. The van der Waals surface area contributed by atoms with Crippen molar-refractivity contribution >= 4 is 11.8 Å². The van der Waals surface area contributed by atoms with E-state index in [1.165, 1.54) is 19.4 Å². The highest BCUT2D eigenvalue weighted by molar-refractivity contribution is 5.96. The van der Waals surface area contributed by atoms with E-state index >= 15 is 0 Å². The Bertz CT molecular complexity index is 464. The molecule has 88 valence electrons. The van der Waals surface area contributed by atoms with Crippen LogP contribution in [0.25, 0.3) is 0 Å². The zero-order chi connectivity index (χ0) is 12.3. The van der Waals surface area contributed by atoms with E-state index in [2.05, 4.69) is 0 Å². The number of methoxy groups -OCH3 is 1. The number of carbonyl (C=O) groups is 2. The number of ether oxygens (including phenoxy) is 2. The molecule has 0 fully saturated rings. The number of ketones is 1. The molecule has 0 radical (unpaired) electrons. The number of hydrogen-bond acceptors (Lipinski definition) is 4. The van der Waals surface area contributed by atoms with Crippen LogP contribution in [0.15, 0.2) is 42.7 Å². The number of carbonyl (C=O) groups excluding carboxylic acids is 2. The van der Waals surface area contributed by atoms with Crippen molar-refractivity contribution in [2.24, 2.45) is 0 Å². The van der Waals surface area contributed by atoms with E-state index in [0.717, 1.165) is 0 Å². The van der Waals surface area contributed by atoms with Crippen molar-refractivity contribution in [3.8, 4) is 0 Å². The van der Waals surface area contributed by atoms with Crippen LogP contribution in [0, 0.1) is 0 Å². The summed E-state index contributed by atoms with van der Waals surface area (Å²) < 4.78 is 10.1. The topological polar surface area (TPSA) is 52.6 Å². The van der Waals surface area contributed by atoms with E-state index in [9.17, 15) is 9.59 Å². The van der Waals surface area contributed by atoms with Gasteiger partial charge < -0.3 is 9.47 Å². The number of benzene rings is 1. The minimum atomic E-state index is -1.35. The molecule has 0 saturated carbocycles. The molecule has 0 bridgehead atoms. The molecule has 1 aromatic rings. The normalized spacial score (nSPS) is 23.0. The Morgan fingerprint density at radius 2 is 2.06 bits per heavy atom. The smallest absolute Gasteiger partial charge is 0.355 e. The summed E-state index contributed by atoms with van der Waals surface area (Å²) in [5, 5.41) is 0. The van der Waals surface area contributed by atoms with Gasteiger partial charge in [-0.3, -0.25) is 4.79 Å². The maximum Gasteiger partial charge on any atom is 0.355 e. The largest absolute Gasteiger partial charge is 0.478 e. The summed E-state index contributed by atoms with van der Waals surface area (Å²) in [6, 6.07) is 8.88. The molecule has 0 aliphatic carbocycles. The Morgan fingerprint density at radius 1 is 1.35 bits per heavy atom. The first-order valence-electron chi connectivity index (χ1n) is 5.20. The van der Waals surface area contributed by atoms with Crippen molar-refractivity contribution < 1.29 is 19.1 Å². The third-order valence-corrected chi connectivity index (χ3v) is 2.70. The fourth-order valence-corrected chi connectivity index (χ4v) is 1.85. The minimum Gasteiger partial charge on any atom is -0.478 e. The van der Waals surface area contributed by atoms with Gasteiger partial charge in [-0.1, -0.05) is 30.3 Å². The highest BCUT2D eigenvalue weighted by Crippen LogP contribution is 2.34. The number of allylic oxidation sites excluding steroid dienone is 1. The standard InChI is InChI=1S/C13H12O4/c1-16-12(15)13(9-11(14)7-8-17-13)10-5-3-2-4-6-10/h2-8H,9H2,1H3/t13-/m0/s1. The van der Waals surface area contributed by atoms with Crippen LogP contribution in [0.3, 0.4) is 0 Å². The Labute approximate surface area is 98.8 Å². The molecular weight excluding hydrogens is 220 g/mol. The molecule has 0 N–H and O–H groups in total. The fourth-order valence-electron chi connectivity index (χ4n) is 1.85. The van der Waals surface area contributed by atoms with Crippen molar-refractivity contribution in [3.63, 3.8) is 0 Å². The summed E-state index contributed by atoms with van der Waals surface area (Å²) in [5.41, 5.74) is -0.730. The van der Waals surface area contributed by atoms with Crippen LogP contribution in [0.4, 0.5) is 0 Å². The third kappa shape index (κ3) is 1.93. The van der Waals surface area contributed by atoms with Gasteiger partial charge in [0.15, 0.2) is 5.78 Å². The molecule has 0 aromatic heterocycles. The van der Waals surface area contributed by atoms with Gasteiger partial charge in [-0.05, 0) is 0 Å². The van der Waals surface area contributed by atoms with Crippen LogP contribution < -0.4 is 0 Å². The van der Waals surface area contributed by atoms with E-state index in [0.29, 0.717) is 5.56 Å². The van der Waals surface area contributed by atoms with Crippen LogP contribution >= 0.6 is 0 Å². The van der Waals surface area contributed by atoms with Crippen LogP contribution in [-0.4, -0.2) is 18.9 Å². The predicted molar refractivity (Wildman–Crippen MR) is 60.0 cm³/mol. The van der Waals surface area contributed by atoms with Gasteiger partial charge in [0, 0.05) is 11.6 Å². The predicted octanol–water partition coefficient (Wildman–Crippen LogP) is 1.56. The molecule has 0 amide bonds.